The molecule has 1 saturated heterocycles. The minimum Gasteiger partial charge on any atom is -0.366 e. The number of amides is 3. The smallest absolute Gasteiger partial charge is 0.329 e. The van der Waals surface area contributed by atoms with Crippen LogP contribution in [0.1, 0.15) is 16.9 Å². The molecule has 136 valence electrons. The van der Waals surface area contributed by atoms with Gasteiger partial charge in [0.05, 0.1) is 18.3 Å². The number of rotatable bonds is 3. The van der Waals surface area contributed by atoms with Crippen LogP contribution >= 0.6 is 0 Å². The second kappa shape index (κ2) is 6.96. The molecule has 0 radical (unpaired) electrons. The highest BCUT2D eigenvalue weighted by atomic mass is 16.2. The number of anilines is 3. The molecule has 2 bridgehead atoms. The third kappa shape index (κ3) is 3.15. The number of carbonyl (C=O) groups excluding carboxylic acids is 2. The topological polar surface area (TPSA) is 90.5 Å². The highest BCUT2D eigenvalue weighted by Crippen LogP contribution is 2.39. The van der Waals surface area contributed by atoms with Crippen LogP contribution in [0.3, 0.4) is 0 Å². The molecular weight excluding hydrogens is 344 g/mol. The largest absolute Gasteiger partial charge is 0.366 e. The number of nitrogens with one attached hydrogen (secondary N) is 2. The minimum atomic E-state index is -0.367. The second-order valence-corrected chi connectivity index (χ2v) is 6.33. The Labute approximate surface area is 156 Å². The van der Waals surface area contributed by atoms with Gasteiger partial charge in [0.25, 0.3) is 5.91 Å². The highest BCUT2D eigenvalue weighted by molar-refractivity contribution is 6.05. The van der Waals surface area contributed by atoms with Crippen LogP contribution < -0.4 is 20.4 Å². The first-order valence-corrected chi connectivity index (χ1v) is 8.66. The van der Waals surface area contributed by atoms with Gasteiger partial charge in [0.2, 0.25) is 0 Å². The normalized spacial score (nSPS) is 17.1. The van der Waals surface area contributed by atoms with Crippen LogP contribution in [-0.2, 0) is 0 Å². The average Bonchev–Trinajstić information content (AvgIpc) is 3.11. The monoisotopic (exact) mass is 362 g/mol. The lowest BCUT2D eigenvalue weighted by Crippen LogP contribution is -2.48. The van der Waals surface area contributed by atoms with E-state index < -0.39 is 0 Å². The zero-order valence-electron chi connectivity index (χ0n) is 14.6. The Morgan fingerprint density at radius 2 is 2.19 bits per heavy atom. The number of urea groups is 1. The standard InChI is InChI=1S/C19H18N6O2/c1-2-9-21-18(26)14-6-7-15-17(22-14)25(13-8-11-24(15)12-13)19(27)23-16-5-3-4-10-20-16/h1,3-7,10,13H,8-9,11-12H2,(H,21,26)(H,20,23,27). The Morgan fingerprint density at radius 3 is 2.96 bits per heavy atom. The molecule has 2 aliphatic heterocycles. The molecule has 0 aliphatic carbocycles. The van der Waals surface area contributed by atoms with Crippen molar-refractivity contribution in [2.24, 2.45) is 0 Å². The van der Waals surface area contributed by atoms with Crippen LogP contribution in [0.2, 0.25) is 0 Å². The van der Waals surface area contributed by atoms with E-state index in [1.165, 1.54) is 0 Å². The maximum absolute atomic E-state index is 13.0. The van der Waals surface area contributed by atoms with E-state index in [1.54, 1.807) is 35.4 Å². The number of hydrogen-bond acceptors (Lipinski definition) is 5. The zero-order valence-corrected chi connectivity index (χ0v) is 14.6. The molecule has 0 saturated carbocycles. The van der Waals surface area contributed by atoms with Crippen molar-refractivity contribution in [2.75, 3.05) is 34.8 Å². The van der Waals surface area contributed by atoms with Gasteiger partial charge in [0.15, 0.2) is 5.82 Å². The molecule has 8 nitrogen and oxygen atoms in total. The lowest BCUT2D eigenvalue weighted by atomic mass is 10.1. The van der Waals surface area contributed by atoms with Crippen molar-refractivity contribution < 1.29 is 9.59 Å². The summed E-state index contributed by atoms with van der Waals surface area (Å²) in [6, 6.07) is 8.47. The first-order chi connectivity index (χ1) is 13.2. The Morgan fingerprint density at radius 1 is 1.30 bits per heavy atom. The molecule has 0 spiro atoms. The summed E-state index contributed by atoms with van der Waals surface area (Å²) in [5.74, 6) is 2.94. The van der Waals surface area contributed by atoms with Crippen LogP contribution in [0.15, 0.2) is 36.5 Å². The number of aromatic nitrogens is 2. The van der Waals surface area contributed by atoms with Crippen molar-refractivity contribution in [3.8, 4) is 12.3 Å². The molecule has 4 heterocycles. The van der Waals surface area contributed by atoms with Crippen molar-refractivity contribution in [2.45, 2.75) is 12.5 Å². The van der Waals surface area contributed by atoms with Crippen LogP contribution in [-0.4, -0.2) is 47.6 Å². The number of nitrogens with zero attached hydrogens (tertiary/aromatic N) is 4. The summed E-state index contributed by atoms with van der Waals surface area (Å²) in [5.41, 5.74) is 1.07. The fourth-order valence-corrected chi connectivity index (χ4v) is 3.43. The Bertz CT molecular complexity index is 924. The van der Waals surface area contributed by atoms with Gasteiger partial charge in [-0.15, -0.1) is 6.42 Å². The number of terminal acetylenes is 1. The van der Waals surface area contributed by atoms with E-state index in [4.69, 9.17) is 6.42 Å². The SMILES string of the molecule is C#CCNC(=O)c1ccc2c(n1)N(C(=O)Nc1ccccn1)C1CCN2C1. The molecule has 2 N–H and O–H groups in total. The number of pyridine rings is 2. The molecule has 27 heavy (non-hydrogen) atoms. The summed E-state index contributed by atoms with van der Waals surface area (Å²) in [7, 11) is 0. The molecule has 8 heteroatoms. The van der Waals surface area contributed by atoms with E-state index in [0.717, 1.165) is 25.2 Å². The fraction of sp³-hybridized carbons (Fsp3) is 0.263. The summed E-state index contributed by atoms with van der Waals surface area (Å²) in [4.78, 5) is 37.6. The van der Waals surface area contributed by atoms with Gasteiger partial charge in [0.1, 0.15) is 11.5 Å². The Balaban J connectivity index is 1.66. The summed E-state index contributed by atoms with van der Waals surface area (Å²) < 4.78 is 0. The Kier molecular flexibility index (Phi) is 4.34. The van der Waals surface area contributed by atoms with Crippen molar-refractivity contribution in [3.05, 3.63) is 42.2 Å². The zero-order chi connectivity index (χ0) is 18.8. The number of fused-ring (bicyclic) bond motifs is 4. The molecule has 3 amide bonds. The highest BCUT2D eigenvalue weighted by Gasteiger charge is 2.40. The van der Waals surface area contributed by atoms with Crippen LogP contribution in [0, 0.1) is 12.3 Å². The molecule has 0 aromatic carbocycles. The molecule has 1 fully saturated rings. The minimum absolute atomic E-state index is 0.00210. The fourth-order valence-electron chi connectivity index (χ4n) is 3.43. The van der Waals surface area contributed by atoms with Crippen molar-refractivity contribution in [1.29, 1.82) is 0 Å². The molecule has 1 unspecified atom stereocenters. The van der Waals surface area contributed by atoms with Crippen LogP contribution in [0.25, 0.3) is 0 Å². The summed E-state index contributed by atoms with van der Waals surface area (Å²) in [6.07, 6.45) is 7.64. The maximum Gasteiger partial charge on any atom is 0.329 e. The molecule has 2 aliphatic rings. The molecule has 2 aromatic heterocycles. The van der Waals surface area contributed by atoms with Crippen LogP contribution in [0.5, 0.6) is 0 Å². The van der Waals surface area contributed by atoms with Gasteiger partial charge in [-0.05, 0) is 30.7 Å². The van der Waals surface area contributed by atoms with Crippen molar-refractivity contribution in [1.82, 2.24) is 15.3 Å². The maximum atomic E-state index is 13.0. The summed E-state index contributed by atoms with van der Waals surface area (Å²) >= 11 is 0. The lowest BCUT2D eigenvalue weighted by molar-refractivity contribution is 0.0953. The van der Waals surface area contributed by atoms with E-state index in [9.17, 15) is 9.59 Å². The third-order valence-corrected chi connectivity index (χ3v) is 4.65. The number of hydrogen-bond donors (Lipinski definition) is 2. The number of carbonyl (C=O) groups is 2. The molecule has 1 atom stereocenters. The first-order valence-electron chi connectivity index (χ1n) is 8.66. The van der Waals surface area contributed by atoms with Gasteiger partial charge in [-0.25, -0.2) is 14.8 Å². The van der Waals surface area contributed by atoms with Gasteiger partial charge in [0, 0.05) is 19.3 Å². The van der Waals surface area contributed by atoms with Crippen LogP contribution in [0.4, 0.5) is 22.1 Å². The average molecular weight is 362 g/mol. The molecule has 4 rings (SSSR count). The molecular formula is C19H18N6O2. The summed E-state index contributed by atoms with van der Waals surface area (Å²) in [5, 5.41) is 5.41. The third-order valence-electron chi connectivity index (χ3n) is 4.65. The second-order valence-electron chi connectivity index (χ2n) is 6.33. The van der Waals surface area contributed by atoms with Gasteiger partial charge in [-0.2, -0.15) is 0 Å². The van der Waals surface area contributed by atoms with E-state index in [-0.39, 0.29) is 30.2 Å². The van der Waals surface area contributed by atoms with Gasteiger partial charge in [-0.3, -0.25) is 15.0 Å². The van der Waals surface area contributed by atoms with E-state index in [0.29, 0.717) is 11.6 Å². The quantitative estimate of drug-likeness (QED) is 0.807. The lowest BCUT2D eigenvalue weighted by Gasteiger charge is -2.35. The predicted molar refractivity (Wildman–Crippen MR) is 102 cm³/mol. The molecule has 2 aromatic rings. The van der Waals surface area contributed by atoms with Gasteiger partial charge < -0.3 is 10.2 Å². The van der Waals surface area contributed by atoms with E-state index >= 15 is 0 Å². The Hall–Kier alpha value is -3.60. The van der Waals surface area contributed by atoms with E-state index in [1.807, 2.05) is 6.07 Å². The van der Waals surface area contributed by atoms with Crippen molar-refractivity contribution in [3.63, 3.8) is 0 Å². The van der Waals surface area contributed by atoms with Crippen molar-refractivity contribution >= 4 is 29.3 Å². The van der Waals surface area contributed by atoms with Gasteiger partial charge in [-0.1, -0.05) is 12.0 Å². The summed E-state index contributed by atoms with van der Waals surface area (Å²) in [6.45, 7) is 1.71. The van der Waals surface area contributed by atoms with Gasteiger partial charge >= 0.3 is 6.03 Å². The first kappa shape index (κ1) is 16.8. The van der Waals surface area contributed by atoms with E-state index in [2.05, 4.69) is 31.4 Å². The predicted octanol–water partition coefficient (Wildman–Crippen LogP) is 1.47.